The number of nitrogens with zero attached hydrogens (tertiary/aromatic N) is 6. The molecule has 2 aromatic rings. The van der Waals surface area contributed by atoms with Gasteiger partial charge in [-0.3, -0.25) is 4.79 Å². The van der Waals surface area contributed by atoms with Gasteiger partial charge in [0.2, 0.25) is 0 Å². The van der Waals surface area contributed by atoms with Crippen LogP contribution in [-0.2, 0) is 0 Å². The van der Waals surface area contributed by atoms with E-state index in [9.17, 15) is 4.79 Å². The van der Waals surface area contributed by atoms with Crippen molar-refractivity contribution in [3.63, 3.8) is 0 Å². The van der Waals surface area contributed by atoms with Crippen LogP contribution in [0.5, 0.6) is 0 Å². The van der Waals surface area contributed by atoms with Crippen LogP contribution >= 0.6 is 0 Å². The van der Waals surface area contributed by atoms with E-state index < -0.39 is 0 Å². The van der Waals surface area contributed by atoms with Gasteiger partial charge in [0.1, 0.15) is 0 Å². The highest BCUT2D eigenvalue weighted by Crippen LogP contribution is 2.17. The van der Waals surface area contributed by atoms with Crippen molar-refractivity contribution in [3.8, 4) is 0 Å². The molecular weight excluding hydrogens is 268 g/mol. The lowest BCUT2D eigenvalue weighted by Gasteiger charge is -2.23. The van der Waals surface area contributed by atoms with Crippen LogP contribution in [0.1, 0.15) is 29.6 Å². The Balaban J connectivity index is 1.75. The van der Waals surface area contributed by atoms with Gasteiger partial charge in [0.15, 0.2) is 5.65 Å². The first kappa shape index (κ1) is 13.9. The largest absolute Gasteiger partial charge is 0.339 e. The average molecular weight is 288 g/mol. The predicted molar refractivity (Wildman–Crippen MR) is 78.0 cm³/mol. The summed E-state index contributed by atoms with van der Waals surface area (Å²) in [5.74, 6) is 0.0619. The Morgan fingerprint density at radius 1 is 1.29 bits per heavy atom. The van der Waals surface area contributed by atoms with E-state index in [-0.39, 0.29) is 5.91 Å². The highest BCUT2D eigenvalue weighted by Gasteiger charge is 2.22. The molecule has 1 atom stereocenters. The topological polar surface area (TPSA) is 66.6 Å². The van der Waals surface area contributed by atoms with Crippen molar-refractivity contribution in [3.05, 3.63) is 23.9 Å². The van der Waals surface area contributed by atoms with Gasteiger partial charge in [-0.1, -0.05) is 0 Å². The van der Waals surface area contributed by atoms with Crippen LogP contribution < -0.4 is 0 Å². The Morgan fingerprint density at radius 3 is 2.95 bits per heavy atom. The molecule has 1 amide bonds. The monoisotopic (exact) mass is 288 g/mol. The van der Waals surface area contributed by atoms with Gasteiger partial charge in [0.05, 0.1) is 5.56 Å². The fourth-order valence-corrected chi connectivity index (χ4v) is 2.85. The van der Waals surface area contributed by atoms with Gasteiger partial charge in [-0.2, -0.15) is 4.52 Å². The van der Waals surface area contributed by atoms with Crippen LogP contribution in [-0.4, -0.2) is 69.0 Å². The minimum atomic E-state index is 0.0619. The maximum Gasteiger partial charge on any atom is 0.255 e. The number of hydrogen-bond donors (Lipinski definition) is 0. The molecule has 0 radical (unpaired) electrons. The van der Waals surface area contributed by atoms with Gasteiger partial charge in [-0.25, -0.2) is 0 Å². The molecule has 7 heteroatoms. The maximum absolute atomic E-state index is 12.6. The van der Waals surface area contributed by atoms with Crippen molar-refractivity contribution in [2.45, 2.75) is 25.3 Å². The molecule has 112 valence electrons. The molecule has 0 aromatic carbocycles. The first-order valence-corrected chi connectivity index (χ1v) is 7.28. The van der Waals surface area contributed by atoms with Crippen molar-refractivity contribution in [2.24, 2.45) is 0 Å². The molecule has 7 nitrogen and oxygen atoms in total. The number of hydrogen-bond acceptors (Lipinski definition) is 5. The molecule has 0 bridgehead atoms. The highest BCUT2D eigenvalue weighted by molar-refractivity contribution is 5.94. The fraction of sp³-hybridized carbons (Fsp3) is 0.571. The Labute approximate surface area is 123 Å². The molecule has 1 fully saturated rings. The molecular formula is C14H20N6O. The number of likely N-dealkylation sites (tertiary alicyclic amines) is 1. The second kappa shape index (κ2) is 5.77. The molecule has 0 N–H and O–H groups in total. The number of tetrazole rings is 1. The van der Waals surface area contributed by atoms with Gasteiger partial charge < -0.3 is 9.80 Å². The Morgan fingerprint density at radius 2 is 2.14 bits per heavy atom. The SMILES string of the molecule is CN(C)C1CCCN(C(=O)c2ccc3nnnn3c2)CC1. The third-order valence-corrected chi connectivity index (χ3v) is 4.15. The van der Waals surface area contributed by atoms with Crippen LogP contribution in [0.25, 0.3) is 5.65 Å². The van der Waals surface area contributed by atoms with E-state index in [1.165, 1.54) is 4.52 Å². The molecule has 1 aliphatic rings. The van der Waals surface area contributed by atoms with E-state index in [2.05, 4.69) is 34.5 Å². The second-order valence-corrected chi connectivity index (χ2v) is 5.74. The van der Waals surface area contributed by atoms with E-state index in [1.807, 2.05) is 4.90 Å². The normalized spacial score (nSPS) is 20.0. The molecule has 3 rings (SSSR count). The molecule has 0 aliphatic carbocycles. The molecule has 3 heterocycles. The zero-order valence-electron chi connectivity index (χ0n) is 12.4. The third-order valence-electron chi connectivity index (χ3n) is 4.15. The summed E-state index contributed by atoms with van der Waals surface area (Å²) < 4.78 is 1.54. The first-order valence-electron chi connectivity index (χ1n) is 7.28. The molecule has 1 aliphatic heterocycles. The highest BCUT2D eigenvalue weighted by atomic mass is 16.2. The Kier molecular flexibility index (Phi) is 3.83. The standard InChI is InChI=1S/C14H20N6O/c1-18(2)12-4-3-8-19(9-7-12)14(21)11-5-6-13-15-16-17-20(13)10-11/h5-6,10,12H,3-4,7-9H2,1-2H3. The fourth-order valence-electron chi connectivity index (χ4n) is 2.85. The van der Waals surface area contributed by atoms with Crippen LogP contribution in [0.4, 0.5) is 0 Å². The molecule has 21 heavy (non-hydrogen) atoms. The van der Waals surface area contributed by atoms with E-state index in [4.69, 9.17) is 0 Å². The van der Waals surface area contributed by atoms with Crippen molar-refractivity contribution in [2.75, 3.05) is 27.2 Å². The van der Waals surface area contributed by atoms with Crippen molar-refractivity contribution >= 4 is 11.6 Å². The Bertz CT molecular complexity index is 637. The number of carbonyl (C=O) groups is 1. The quantitative estimate of drug-likeness (QED) is 0.813. The number of aromatic nitrogens is 4. The summed E-state index contributed by atoms with van der Waals surface area (Å²) in [4.78, 5) is 16.8. The van der Waals surface area contributed by atoms with Crippen LogP contribution in [0, 0.1) is 0 Å². The molecule has 1 saturated heterocycles. The number of amides is 1. The van der Waals surface area contributed by atoms with E-state index in [1.54, 1.807) is 18.3 Å². The zero-order chi connectivity index (χ0) is 14.8. The van der Waals surface area contributed by atoms with Gasteiger partial charge in [0.25, 0.3) is 5.91 Å². The van der Waals surface area contributed by atoms with Crippen molar-refractivity contribution < 1.29 is 4.79 Å². The summed E-state index contributed by atoms with van der Waals surface area (Å²) in [7, 11) is 4.21. The second-order valence-electron chi connectivity index (χ2n) is 5.74. The van der Waals surface area contributed by atoms with Gasteiger partial charge in [-0.15, -0.1) is 5.10 Å². The smallest absolute Gasteiger partial charge is 0.255 e. The summed E-state index contributed by atoms with van der Waals surface area (Å²) in [6.45, 7) is 1.62. The molecule has 2 aromatic heterocycles. The number of rotatable bonds is 2. The van der Waals surface area contributed by atoms with Crippen molar-refractivity contribution in [1.82, 2.24) is 29.8 Å². The molecule has 0 saturated carbocycles. The average Bonchev–Trinajstić information content (AvgIpc) is 2.80. The van der Waals surface area contributed by atoms with Crippen LogP contribution in [0.3, 0.4) is 0 Å². The lowest BCUT2D eigenvalue weighted by molar-refractivity contribution is 0.0758. The first-order chi connectivity index (χ1) is 10.1. The van der Waals surface area contributed by atoms with Gasteiger partial charge >= 0.3 is 0 Å². The van der Waals surface area contributed by atoms with Crippen molar-refractivity contribution in [1.29, 1.82) is 0 Å². The number of pyridine rings is 1. The summed E-state index contributed by atoms with van der Waals surface area (Å²) in [5, 5.41) is 11.3. The van der Waals surface area contributed by atoms with E-state index >= 15 is 0 Å². The molecule has 1 unspecified atom stereocenters. The van der Waals surface area contributed by atoms with E-state index in [0.717, 1.165) is 32.4 Å². The van der Waals surface area contributed by atoms with Gasteiger partial charge in [0, 0.05) is 25.3 Å². The minimum absolute atomic E-state index is 0.0619. The lowest BCUT2D eigenvalue weighted by Crippen LogP contribution is -2.33. The predicted octanol–water partition coefficient (Wildman–Crippen LogP) is 0.681. The van der Waals surface area contributed by atoms with Crippen LogP contribution in [0.2, 0.25) is 0 Å². The molecule has 0 spiro atoms. The number of carbonyl (C=O) groups excluding carboxylic acids is 1. The van der Waals surface area contributed by atoms with Gasteiger partial charge in [-0.05, 0) is 55.9 Å². The summed E-state index contributed by atoms with van der Waals surface area (Å²) in [5.41, 5.74) is 1.29. The summed E-state index contributed by atoms with van der Waals surface area (Å²) in [6, 6.07) is 4.13. The zero-order valence-corrected chi connectivity index (χ0v) is 12.4. The van der Waals surface area contributed by atoms with Crippen LogP contribution in [0.15, 0.2) is 18.3 Å². The summed E-state index contributed by atoms with van der Waals surface area (Å²) in [6.07, 6.45) is 4.91. The summed E-state index contributed by atoms with van der Waals surface area (Å²) >= 11 is 0. The Hall–Kier alpha value is -2.02. The number of fused-ring (bicyclic) bond motifs is 1. The maximum atomic E-state index is 12.6. The van der Waals surface area contributed by atoms with E-state index in [0.29, 0.717) is 17.3 Å². The third kappa shape index (κ3) is 2.87. The lowest BCUT2D eigenvalue weighted by atomic mass is 10.1. The minimum Gasteiger partial charge on any atom is -0.339 e.